The Morgan fingerprint density at radius 3 is 2.17 bits per heavy atom. The quantitative estimate of drug-likeness (QED) is 0.656. The highest BCUT2D eigenvalue weighted by Crippen LogP contribution is 2.34. The molecule has 4 rings (SSSR count). The Morgan fingerprint density at radius 2 is 1.60 bits per heavy atom. The Balaban J connectivity index is 1.81. The predicted octanol–water partition coefficient (Wildman–Crippen LogP) is 4.98. The van der Waals surface area contributed by atoms with E-state index in [1.165, 1.54) is 9.13 Å². The normalized spacial score (nSPS) is 16.6. The van der Waals surface area contributed by atoms with Crippen molar-refractivity contribution in [3.05, 3.63) is 52.5 Å². The van der Waals surface area contributed by atoms with E-state index in [-0.39, 0.29) is 17.1 Å². The Hall–Kier alpha value is -2.83. The molecular formula is C23H27F2N3O2. The summed E-state index contributed by atoms with van der Waals surface area (Å²) in [5, 5.41) is 9.79. The highest BCUT2D eigenvalue weighted by molar-refractivity contribution is 5.81. The standard InChI is InChI=1S/C23H27F2N3O2/c1-14(2)27-18-13-17(24)21(29)19(25)20(18)28(22(27)30)16-7-5-15(6-8-16)26-11-9-23(3,4)10-12-26/h5-8,13-14,29H,9-12H2,1-4H3. The second-order valence-corrected chi connectivity index (χ2v) is 9.14. The average molecular weight is 415 g/mol. The van der Waals surface area contributed by atoms with Gasteiger partial charge >= 0.3 is 5.69 Å². The molecule has 1 fully saturated rings. The van der Waals surface area contributed by atoms with Crippen molar-refractivity contribution >= 4 is 16.7 Å². The molecule has 1 aliphatic rings. The Labute approximate surface area is 174 Å². The van der Waals surface area contributed by atoms with Gasteiger partial charge in [0.15, 0.2) is 17.4 Å². The molecule has 0 unspecified atom stereocenters. The molecule has 1 aromatic heterocycles. The van der Waals surface area contributed by atoms with Crippen LogP contribution in [0.3, 0.4) is 0 Å². The first-order valence-electron chi connectivity index (χ1n) is 10.3. The van der Waals surface area contributed by atoms with Gasteiger partial charge in [-0.05, 0) is 56.4 Å². The fourth-order valence-corrected chi connectivity index (χ4v) is 4.21. The highest BCUT2D eigenvalue weighted by Gasteiger charge is 2.26. The number of aromatic hydroxyl groups is 1. The number of nitrogens with zero attached hydrogens (tertiary/aromatic N) is 3. The zero-order chi connectivity index (χ0) is 21.8. The summed E-state index contributed by atoms with van der Waals surface area (Å²) in [5.41, 5.74) is 1.37. The summed E-state index contributed by atoms with van der Waals surface area (Å²) in [4.78, 5) is 15.4. The Morgan fingerprint density at radius 1 is 1.03 bits per heavy atom. The molecule has 0 saturated carbocycles. The molecular weight excluding hydrogens is 388 g/mol. The lowest BCUT2D eigenvalue weighted by Gasteiger charge is -2.38. The van der Waals surface area contributed by atoms with E-state index < -0.39 is 23.1 Å². The van der Waals surface area contributed by atoms with E-state index >= 15 is 0 Å². The molecule has 0 spiro atoms. The van der Waals surface area contributed by atoms with Crippen molar-refractivity contribution in [3.63, 3.8) is 0 Å². The van der Waals surface area contributed by atoms with Gasteiger partial charge in [0, 0.05) is 30.9 Å². The molecule has 0 atom stereocenters. The minimum Gasteiger partial charge on any atom is -0.503 e. The molecule has 5 nitrogen and oxygen atoms in total. The number of halogens is 2. The number of anilines is 1. The fourth-order valence-electron chi connectivity index (χ4n) is 4.21. The SMILES string of the molecule is CC(C)n1c(=O)n(-c2ccc(N3CCC(C)(C)CC3)cc2)c2c(F)c(O)c(F)cc21. The topological polar surface area (TPSA) is 50.4 Å². The lowest BCUT2D eigenvalue weighted by molar-refractivity contribution is 0.280. The maximum Gasteiger partial charge on any atom is 0.334 e. The van der Waals surface area contributed by atoms with Gasteiger partial charge in [0.25, 0.3) is 0 Å². The maximum atomic E-state index is 14.8. The van der Waals surface area contributed by atoms with Gasteiger partial charge in [-0.2, -0.15) is 0 Å². The molecule has 0 radical (unpaired) electrons. The van der Waals surface area contributed by atoms with Crippen LogP contribution in [0, 0.1) is 17.0 Å². The van der Waals surface area contributed by atoms with Crippen LogP contribution in [0.25, 0.3) is 16.7 Å². The summed E-state index contributed by atoms with van der Waals surface area (Å²) < 4.78 is 31.4. The summed E-state index contributed by atoms with van der Waals surface area (Å²) >= 11 is 0. The van der Waals surface area contributed by atoms with E-state index in [1.54, 1.807) is 26.0 Å². The first-order valence-corrected chi connectivity index (χ1v) is 10.3. The molecule has 160 valence electrons. The van der Waals surface area contributed by atoms with Crippen LogP contribution >= 0.6 is 0 Å². The number of aromatic nitrogens is 2. The molecule has 1 saturated heterocycles. The monoisotopic (exact) mass is 415 g/mol. The third-order valence-electron chi connectivity index (χ3n) is 6.14. The minimum absolute atomic E-state index is 0.116. The number of fused-ring (bicyclic) bond motifs is 1. The van der Waals surface area contributed by atoms with Gasteiger partial charge in [0.1, 0.15) is 5.52 Å². The molecule has 1 N–H and O–H groups in total. The van der Waals surface area contributed by atoms with Gasteiger partial charge in [-0.15, -0.1) is 0 Å². The summed E-state index contributed by atoms with van der Waals surface area (Å²) in [6.07, 6.45) is 2.21. The van der Waals surface area contributed by atoms with E-state index in [0.29, 0.717) is 11.1 Å². The average Bonchev–Trinajstić information content (AvgIpc) is 2.98. The number of rotatable bonds is 3. The van der Waals surface area contributed by atoms with Crippen LogP contribution in [0.1, 0.15) is 46.6 Å². The molecule has 0 amide bonds. The van der Waals surface area contributed by atoms with Crippen molar-refractivity contribution in [2.45, 2.75) is 46.6 Å². The zero-order valence-corrected chi connectivity index (χ0v) is 17.7. The van der Waals surface area contributed by atoms with Crippen LogP contribution in [-0.4, -0.2) is 27.3 Å². The number of phenols is 1. The van der Waals surface area contributed by atoms with Crippen molar-refractivity contribution in [1.82, 2.24) is 9.13 Å². The Bertz CT molecular complexity index is 1150. The summed E-state index contributed by atoms with van der Waals surface area (Å²) in [7, 11) is 0. The number of piperidine rings is 1. The minimum atomic E-state index is -1.14. The smallest absolute Gasteiger partial charge is 0.334 e. The number of hydrogen-bond donors (Lipinski definition) is 1. The summed E-state index contributed by atoms with van der Waals surface area (Å²) in [6.45, 7) is 10.0. The molecule has 0 aliphatic carbocycles. The van der Waals surface area contributed by atoms with Crippen LogP contribution in [-0.2, 0) is 0 Å². The van der Waals surface area contributed by atoms with Crippen molar-refractivity contribution < 1.29 is 13.9 Å². The molecule has 7 heteroatoms. The first-order chi connectivity index (χ1) is 14.1. The van der Waals surface area contributed by atoms with Crippen molar-refractivity contribution in [2.75, 3.05) is 18.0 Å². The molecule has 3 aromatic rings. The number of hydrogen-bond acceptors (Lipinski definition) is 3. The van der Waals surface area contributed by atoms with Gasteiger partial charge in [0.05, 0.1) is 11.2 Å². The van der Waals surface area contributed by atoms with Gasteiger partial charge in [0.2, 0.25) is 0 Å². The molecule has 0 bridgehead atoms. The van der Waals surface area contributed by atoms with E-state index in [1.807, 2.05) is 12.1 Å². The Kier molecular flexibility index (Phi) is 4.87. The van der Waals surface area contributed by atoms with Crippen molar-refractivity contribution in [3.8, 4) is 11.4 Å². The van der Waals surface area contributed by atoms with Crippen LogP contribution < -0.4 is 10.6 Å². The van der Waals surface area contributed by atoms with Crippen LogP contribution in [0.4, 0.5) is 14.5 Å². The van der Waals surface area contributed by atoms with E-state index in [9.17, 15) is 18.7 Å². The third-order valence-corrected chi connectivity index (χ3v) is 6.14. The number of imidazole rings is 1. The van der Waals surface area contributed by atoms with Crippen LogP contribution in [0.5, 0.6) is 5.75 Å². The van der Waals surface area contributed by atoms with Gasteiger partial charge in [-0.1, -0.05) is 13.8 Å². The second-order valence-electron chi connectivity index (χ2n) is 9.14. The number of phenolic OH excluding ortho intramolecular Hbond substituents is 1. The van der Waals surface area contributed by atoms with E-state index in [2.05, 4.69) is 18.7 Å². The second kappa shape index (κ2) is 7.15. The van der Waals surface area contributed by atoms with Crippen LogP contribution in [0.15, 0.2) is 35.1 Å². The van der Waals surface area contributed by atoms with Gasteiger partial charge in [-0.25, -0.2) is 13.6 Å². The highest BCUT2D eigenvalue weighted by atomic mass is 19.1. The largest absolute Gasteiger partial charge is 0.503 e. The molecule has 30 heavy (non-hydrogen) atoms. The van der Waals surface area contributed by atoms with Crippen molar-refractivity contribution in [2.24, 2.45) is 5.41 Å². The third kappa shape index (κ3) is 3.26. The lowest BCUT2D eigenvalue weighted by Crippen LogP contribution is -2.37. The van der Waals surface area contributed by atoms with Gasteiger partial charge < -0.3 is 10.0 Å². The van der Waals surface area contributed by atoms with Gasteiger partial charge in [-0.3, -0.25) is 9.13 Å². The van der Waals surface area contributed by atoms with Crippen LogP contribution in [0.2, 0.25) is 0 Å². The predicted molar refractivity (Wildman–Crippen MR) is 115 cm³/mol. The maximum absolute atomic E-state index is 14.8. The van der Waals surface area contributed by atoms with E-state index in [0.717, 1.165) is 37.7 Å². The zero-order valence-electron chi connectivity index (χ0n) is 17.7. The first kappa shape index (κ1) is 20.4. The van der Waals surface area contributed by atoms with Crippen molar-refractivity contribution in [1.29, 1.82) is 0 Å². The number of benzene rings is 2. The molecule has 2 aromatic carbocycles. The molecule has 1 aliphatic heterocycles. The lowest BCUT2D eigenvalue weighted by atomic mass is 9.82. The summed E-state index contributed by atoms with van der Waals surface area (Å²) in [6, 6.07) is 8.07. The summed E-state index contributed by atoms with van der Waals surface area (Å²) in [5.74, 6) is -3.30. The fraction of sp³-hybridized carbons (Fsp3) is 0.435. The molecule has 2 heterocycles. The van der Waals surface area contributed by atoms with E-state index in [4.69, 9.17) is 0 Å².